The second-order valence-corrected chi connectivity index (χ2v) is 8.63. The molecule has 0 unspecified atom stereocenters. The second-order valence-electron chi connectivity index (χ2n) is 7.62. The molecule has 0 spiro atoms. The Hall–Kier alpha value is -2.53. The molecule has 1 aliphatic heterocycles. The number of amides is 1. The lowest BCUT2D eigenvalue weighted by Crippen LogP contribution is -2.28. The molecule has 2 aromatic carbocycles. The summed E-state index contributed by atoms with van der Waals surface area (Å²) in [5.74, 6) is 1.33. The van der Waals surface area contributed by atoms with Crippen molar-refractivity contribution in [3.63, 3.8) is 0 Å². The highest BCUT2D eigenvalue weighted by atomic mass is 32.2. The van der Waals surface area contributed by atoms with Gasteiger partial charge in [0.25, 0.3) is 5.91 Å². The zero-order chi connectivity index (χ0) is 21.0. The van der Waals surface area contributed by atoms with E-state index in [9.17, 15) is 4.79 Å². The molecular weight excluding hydrogens is 380 g/mol. The number of likely N-dealkylation sites (N-methyl/N-ethyl adjacent to an activating group) is 1. The fourth-order valence-electron chi connectivity index (χ4n) is 2.89. The maximum absolute atomic E-state index is 12.9. The topological polar surface area (TPSA) is 41.9 Å². The molecule has 0 aliphatic carbocycles. The van der Waals surface area contributed by atoms with Gasteiger partial charge in [0.1, 0.15) is 5.75 Å². The minimum absolute atomic E-state index is 0.00157. The average Bonchev–Trinajstić information content (AvgIpc) is 2.98. The van der Waals surface area contributed by atoms with Gasteiger partial charge in [0.2, 0.25) is 0 Å². The van der Waals surface area contributed by atoms with Crippen LogP contribution in [0.1, 0.15) is 37.5 Å². The first-order valence-corrected chi connectivity index (χ1v) is 10.8. The molecule has 5 heteroatoms. The third-order valence-corrected chi connectivity index (χ3v) is 5.55. The van der Waals surface area contributed by atoms with Crippen LogP contribution in [0.4, 0.5) is 5.69 Å². The number of benzene rings is 2. The molecule has 1 aliphatic rings. The van der Waals surface area contributed by atoms with Crippen molar-refractivity contribution in [3.8, 4) is 5.75 Å². The maximum Gasteiger partial charge on any atom is 0.266 e. The van der Waals surface area contributed by atoms with Gasteiger partial charge in [-0.3, -0.25) is 9.69 Å². The first-order valence-electron chi connectivity index (χ1n) is 9.97. The highest BCUT2D eigenvalue weighted by Crippen LogP contribution is 2.35. The van der Waals surface area contributed by atoms with Crippen molar-refractivity contribution >= 4 is 34.6 Å². The SMILES string of the molecule is CCN1C(=O)/C(=C\c2ccc(OCC(C)C)cc2)SC1=Nc1cc(C)ccc1C. The van der Waals surface area contributed by atoms with Gasteiger partial charge in [-0.2, -0.15) is 0 Å². The number of rotatable bonds is 6. The van der Waals surface area contributed by atoms with Crippen molar-refractivity contribution in [2.75, 3.05) is 13.2 Å². The van der Waals surface area contributed by atoms with Gasteiger partial charge in [0, 0.05) is 6.54 Å². The van der Waals surface area contributed by atoms with Gasteiger partial charge < -0.3 is 4.74 Å². The van der Waals surface area contributed by atoms with E-state index in [0.29, 0.717) is 24.0 Å². The van der Waals surface area contributed by atoms with Crippen LogP contribution in [-0.2, 0) is 4.79 Å². The van der Waals surface area contributed by atoms with Crippen molar-refractivity contribution in [2.45, 2.75) is 34.6 Å². The van der Waals surface area contributed by atoms with Gasteiger partial charge in [-0.25, -0.2) is 4.99 Å². The van der Waals surface area contributed by atoms with E-state index >= 15 is 0 Å². The van der Waals surface area contributed by atoms with Crippen LogP contribution in [0.15, 0.2) is 52.4 Å². The zero-order valence-corrected chi connectivity index (χ0v) is 18.5. The van der Waals surface area contributed by atoms with Crippen molar-refractivity contribution in [1.29, 1.82) is 0 Å². The van der Waals surface area contributed by atoms with Crippen LogP contribution >= 0.6 is 11.8 Å². The van der Waals surface area contributed by atoms with Crippen molar-refractivity contribution in [2.24, 2.45) is 10.9 Å². The van der Waals surface area contributed by atoms with E-state index in [-0.39, 0.29) is 5.91 Å². The fraction of sp³-hybridized carbons (Fsp3) is 0.333. The molecule has 0 bridgehead atoms. The zero-order valence-electron chi connectivity index (χ0n) is 17.7. The molecule has 1 amide bonds. The number of thioether (sulfide) groups is 1. The molecule has 0 saturated carbocycles. The minimum Gasteiger partial charge on any atom is -0.493 e. The second kappa shape index (κ2) is 9.31. The van der Waals surface area contributed by atoms with Crippen LogP contribution < -0.4 is 4.74 Å². The predicted molar refractivity (Wildman–Crippen MR) is 123 cm³/mol. The number of nitrogens with zero attached hydrogens (tertiary/aromatic N) is 2. The third kappa shape index (κ3) is 5.30. The molecule has 0 N–H and O–H groups in total. The Morgan fingerprint density at radius 1 is 1.14 bits per heavy atom. The monoisotopic (exact) mass is 408 g/mol. The number of amidine groups is 1. The summed E-state index contributed by atoms with van der Waals surface area (Å²) in [5.41, 5.74) is 4.14. The van der Waals surface area contributed by atoms with Gasteiger partial charge in [0.05, 0.1) is 17.2 Å². The molecule has 152 valence electrons. The Morgan fingerprint density at radius 2 is 1.86 bits per heavy atom. The van der Waals surface area contributed by atoms with Crippen molar-refractivity contribution in [3.05, 3.63) is 64.1 Å². The molecule has 29 heavy (non-hydrogen) atoms. The Morgan fingerprint density at radius 3 is 2.52 bits per heavy atom. The molecule has 1 fully saturated rings. The average molecular weight is 409 g/mol. The van der Waals surface area contributed by atoms with Crippen LogP contribution in [0.25, 0.3) is 6.08 Å². The molecule has 0 aromatic heterocycles. The van der Waals surface area contributed by atoms with E-state index in [0.717, 1.165) is 33.3 Å². The lowest BCUT2D eigenvalue weighted by molar-refractivity contribution is -0.122. The van der Waals surface area contributed by atoms with E-state index in [2.05, 4.69) is 32.0 Å². The molecule has 0 radical (unpaired) electrons. The molecule has 1 saturated heterocycles. The third-order valence-electron chi connectivity index (χ3n) is 4.55. The summed E-state index contributed by atoms with van der Waals surface area (Å²) in [6, 6.07) is 14.0. The summed E-state index contributed by atoms with van der Waals surface area (Å²) >= 11 is 1.43. The molecule has 2 aromatic rings. The predicted octanol–water partition coefficient (Wildman–Crippen LogP) is 5.96. The van der Waals surface area contributed by atoms with Crippen LogP contribution in [0.2, 0.25) is 0 Å². The number of carbonyl (C=O) groups excluding carboxylic acids is 1. The van der Waals surface area contributed by atoms with E-state index in [1.165, 1.54) is 11.8 Å². The van der Waals surface area contributed by atoms with Gasteiger partial charge in [-0.05, 0) is 79.4 Å². The quantitative estimate of drug-likeness (QED) is 0.554. The minimum atomic E-state index is 0.00157. The van der Waals surface area contributed by atoms with Crippen molar-refractivity contribution < 1.29 is 9.53 Å². The number of carbonyl (C=O) groups is 1. The largest absolute Gasteiger partial charge is 0.493 e. The van der Waals surface area contributed by atoms with Gasteiger partial charge in [0.15, 0.2) is 5.17 Å². The highest BCUT2D eigenvalue weighted by Gasteiger charge is 2.32. The van der Waals surface area contributed by atoms with Crippen molar-refractivity contribution in [1.82, 2.24) is 4.90 Å². The summed E-state index contributed by atoms with van der Waals surface area (Å²) in [6.07, 6.45) is 1.92. The standard InChI is InChI=1S/C24H28N2O2S/c1-6-26-23(27)22(14-19-9-11-20(12-10-19)28-15-16(2)3)29-24(26)25-21-13-17(4)7-8-18(21)5/h7-14,16H,6,15H2,1-5H3/b22-14+,25-24?. The summed E-state index contributed by atoms with van der Waals surface area (Å²) in [6.45, 7) is 11.6. The van der Waals surface area contributed by atoms with E-state index in [1.807, 2.05) is 51.1 Å². The molecule has 4 nitrogen and oxygen atoms in total. The molecule has 1 heterocycles. The first-order chi connectivity index (χ1) is 13.9. The Kier molecular flexibility index (Phi) is 6.80. The Balaban J connectivity index is 1.83. The smallest absolute Gasteiger partial charge is 0.266 e. The number of aryl methyl sites for hydroxylation is 2. The van der Waals surface area contributed by atoms with Crippen LogP contribution in [0.5, 0.6) is 5.75 Å². The number of hydrogen-bond acceptors (Lipinski definition) is 4. The molecular formula is C24H28N2O2S. The summed E-state index contributed by atoms with van der Waals surface area (Å²) < 4.78 is 5.73. The van der Waals surface area contributed by atoms with E-state index < -0.39 is 0 Å². The Bertz CT molecular complexity index is 946. The normalized spacial score (nSPS) is 17.0. The van der Waals surface area contributed by atoms with Crippen LogP contribution in [-0.4, -0.2) is 29.1 Å². The lowest BCUT2D eigenvalue weighted by Gasteiger charge is -2.12. The number of aliphatic imine (C=N–C) groups is 1. The van der Waals surface area contributed by atoms with Gasteiger partial charge in [-0.1, -0.05) is 38.1 Å². The summed E-state index contributed by atoms with van der Waals surface area (Å²) in [7, 11) is 0. The number of hydrogen-bond donors (Lipinski definition) is 0. The van der Waals surface area contributed by atoms with Crippen LogP contribution in [0, 0.1) is 19.8 Å². The van der Waals surface area contributed by atoms with Crippen LogP contribution in [0.3, 0.4) is 0 Å². The fourth-order valence-corrected chi connectivity index (χ4v) is 3.94. The lowest BCUT2D eigenvalue weighted by atomic mass is 10.1. The molecule has 0 atom stereocenters. The van der Waals surface area contributed by atoms with E-state index in [4.69, 9.17) is 9.73 Å². The van der Waals surface area contributed by atoms with Gasteiger partial charge >= 0.3 is 0 Å². The summed E-state index contributed by atoms with van der Waals surface area (Å²) in [5, 5.41) is 0.731. The molecule has 3 rings (SSSR count). The van der Waals surface area contributed by atoms with E-state index in [1.54, 1.807) is 4.90 Å². The van der Waals surface area contributed by atoms with Gasteiger partial charge in [-0.15, -0.1) is 0 Å². The summed E-state index contributed by atoms with van der Waals surface area (Å²) in [4.78, 5) is 20.1. The number of ether oxygens (including phenoxy) is 1. The Labute approximate surface area is 177 Å². The highest BCUT2D eigenvalue weighted by molar-refractivity contribution is 8.18. The maximum atomic E-state index is 12.9. The first kappa shape index (κ1) is 21.2.